The molecule has 0 bridgehead atoms. The van der Waals surface area contributed by atoms with Crippen molar-refractivity contribution in [1.82, 2.24) is 24.9 Å². The topological polar surface area (TPSA) is 53.4 Å². The van der Waals surface area contributed by atoms with E-state index in [9.17, 15) is 4.79 Å². The monoisotopic (exact) mass is 331 g/mol. The van der Waals surface area contributed by atoms with Crippen LogP contribution in [0.5, 0.6) is 0 Å². The lowest BCUT2D eigenvalue weighted by Gasteiger charge is -2.44. The fraction of sp³-hybridized carbons (Fsp3) is 0.778. The Morgan fingerprint density at radius 2 is 2.04 bits per heavy atom. The van der Waals surface area contributed by atoms with E-state index in [1.54, 1.807) is 4.68 Å². The van der Waals surface area contributed by atoms with Crippen molar-refractivity contribution in [2.75, 3.05) is 19.6 Å². The molecule has 6 heteroatoms. The molecule has 3 heterocycles. The van der Waals surface area contributed by atoms with Gasteiger partial charge in [0.15, 0.2) is 0 Å². The van der Waals surface area contributed by atoms with E-state index in [4.69, 9.17) is 0 Å². The second-order valence-corrected chi connectivity index (χ2v) is 8.44. The number of fused-ring (bicyclic) bond motifs is 1. The summed E-state index contributed by atoms with van der Waals surface area (Å²) in [7, 11) is 0. The average Bonchev–Trinajstić information content (AvgIpc) is 3.14. The summed E-state index contributed by atoms with van der Waals surface area (Å²) >= 11 is 0. The molecule has 24 heavy (non-hydrogen) atoms. The molecule has 0 aromatic carbocycles. The van der Waals surface area contributed by atoms with Crippen LogP contribution in [0.4, 0.5) is 4.79 Å². The molecule has 4 rings (SSSR count). The quantitative estimate of drug-likeness (QED) is 0.900. The van der Waals surface area contributed by atoms with Gasteiger partial charge < -0.3 is 10.2 Å². The highest BCUT2D eigenvalue weighted by Crippen LogP contribution is 2.33. The number of piperazine rings is 1. The SMILES string of the molecule is C[C@@H]1CN(C(=O)n2ncc3c2C(C)(C)NC3)[C@@H](C)CN1CC1CC1. The maximum Gasteiger partial charge on any atom is 0.345 e. The van der Waals surface area contributed by atoms with Gasteiger partial charge in [0.2, 0.25) is 0 Å². The number of amides is 1. The van der Waals surface area contributed by atoms with E-state index < -0.39 is 0 Å². The fourth-order valence-electron chi connectivity index (χ4n) is 4.20. The van der Waals surface area contributed by atoms with Gasteiger partial charge in [0.25, 0.3) is 0 Å². The third kappa shape index (κ3) is 2.65. The lowest BCUT2D eigenvalue weighted by Crippen LogP contribution is -2.59. The largest absolute Gasteiger partial charge is 0.345 e. The Labute approximate surface area is 144 Å². The number of rotatable bonds is 2. The van der Waals surface area contributed by atoms with Crippen molar-refractivity contribution in [1.29, 1.82) is 0 Å². The molecule has 1 amide bonds. The molecule has 2 atom stereocenters. The highest BCUT2D eigenvalue weighted by atomic mass is 16.2. The van der Waals surface area contributed by atoms with Crippen molar-refractivity contribution in [2.45, 2.75) is 64.7 Å². The molecule has 1 aromatic rings. The first kappa shape index (κ1) is 16.1. The second kappa shape index (κ2) is 5.56. The smallest absolute Gasteiger partial charge is 0.317 e. The minimum Gasteiger partial charge on any atom is -0.317 e. The molecule has 0 unspecified atom stereocenters. The van der Waals surface area contributed by atoms with Crippen LogP contribution in [-0.2, 0) is 12.1 Å². The highest BCUT2D eigenvalue weighted by molar-refractivity contribution is 5.78. The summed E-state index contributed by atoms with van der Waals surface area (Å²) < 4.78 is 1.63. The number of nitrogens with one attached hydrogen (secondary N) is 1. The van der Waals surface area contributed by atoms with Crippen LogP contribution in [0.25, 0.3) is 0 Å². The fourth-order valence-corrected chi connectivity index (χ4v) is 4.20. The van der Waals surface area contributed by atoms with Gasteiger partial charge in [0.05, 0.1) is 17.4 Å². The number of carbonyl (C=O) groups is 1. The summed E-state index contributed by atoms with van der Waals surface area (Å²) in [6, 6.07) is 0.670. The van der Waals surface area contributed by atoms with Crippen LogP contribution < -0.4 is 5.32 Å². The van der Waals surface area contributed by atoms with Gasteiger partial charge in [-0.3, -0.25) is 4.90 Å². The average molecular weight is 331 g/mol. The molecule has 1 aliphatic carbocycles. The van der Waals surface area contributed by atoms with Gasteiger partial charge in [-0.25, -0.2) is 4.79 Å². The van der Waals surface area contributed by atoms with E-state index in [1.807, 2.05) is 11.1 Å². The number of aromatic nitrogens is 2. The van der Waals surface area contributed by atoms with Crippen LogP contribution in [0.2, 0.25) is 0 Å². The first-order valence-corrected chi connectivity index (χ1v) is 9.24. The van der Waals surface area contributed by atoms with Gasteiger partial charge >= 0.3 is 6.03 Å². The summed E-state index contributed by atoms with van der Waals surface area (Å²) in [5.41, 5.74) is 1.96. The minimum absolute atomic E-state index is 0.0263. The Balaban J connectivity index is 1.53. The Morgan fingerprint density at radius 1 is 1.29 bits per heavy atom. The van der Waals surface area contributed by atoms with E-state index in [1.165, 1.54) is 19.4 Å². The second-order valence-electron chi connectivity index (χ2n) is 8.44. The summed E-state index contributed by atoms with van der Waals surface area (Å²) in [5.74, 6) is 0.892. The van der Waals surface area contributed by atoms with Crippen LogP contribution in [0, 0.1) is 5.92 Å². The number of hydrogen-bond donors (Lipinski definition) is 1. The summed E-state index contributed by atoms with van der Waals surface area (Å²) in [6.45, 7) is 12.4. The van der Waals surface area contributed by atoms with E-state index >= 15 is 0 Å². The van der Waals surface area contributed by atoms with E-state index in [-0.39, 0.29) is 17.6 Å². The summed E-state index contributed by atoms with van der Waals surface area (Å²) in [5, 5.41) is 7.87. The number of nitrogens with zero attached hydrogens (tertiary/aromatic N) is 4. The molecule has 3 aliphatic rings. The predicted octanol–water partition coefficient (Wildman–Crippen LogP) is 1.99. The minimum atomic E-state index is -0.204. The van der Waals surface area contributed by atoms with Gasteiger partial charge in [-0.15, -0.1) is 0 Å². The van der Waals surface area contributed by atoms with Crippen molar-refractivity contribution in [3.63, 3.8) is 0 Å². The third-order valence-electron chi connectivity index (χ3n) is 5.89. The van der Waals surface area contributed by atoms with Crippen LogP contribution in [0.1, 0.15) is 51.8 Å². The van der Waals surface area contributed by atoms with Gasteiger partial charge in [0.1, 0.15) is 0 Å². The summed E-state index contributed by atoms with van der Waals surface area (Å²) in [6.07, 6.45) is 4.59. The summed E-state index contributed by atoms with van der Waals surface area (Å²) in [4.78, 5) is 17.8. The molecular formula is C18H29N5O. The molecule has 0 radical (unpaired) electrons. The van der Waals surface area contributed by atoms with Crippen LogP contribution in [0.3, 0.4) is 0 Å². The van der Waals surface area contributed by atoms with E-state index in [2.05, 4.69) is 43.0 Å². The molecule has 132 valence electrons. The maximum atomic E-state index is 13.2. The van der Waals surface area contributed by atoms with Crippen LogP contribution in [0.15, 0.2) is 6.20 Å². The van der Waals surface area contributed by atoms with Gasteiger partial charge in [-0.05, 0) is 46.5 Å². The van der Waals surface area contributed by atoms with Gasteiger partial charge in [-0.1, -0.05) is 0 Å². The molecule has 2 fully saturated rings. The van der Waals surface area contributed by atoms with Crippen molar-refractivity contribution < 1.29 is 4.79 Å². The molecule has 0 spiro atoms. The zero-order chi connectivity index (χ0) is 17.1. The van der Waals surface area contributed by atoms with Gasteiger partial charge in [-0.2, -0.15) is 9.78 Å². The van der Waals surface area contributed by atoms with Crippen LogP contribution >= 0.6 is 0 Å². The lowest BCUT2D eigenvalue weighted by atomic mass is 10.0. The van der Waals surface area contributed by atoms with Crippen molar-refractivity contribution in [3.8, 4) is 0 Å². The Kier molecular flexibility index (Phi) is 3.73. The van der Waals surface area contributed by atoms with Crippen molar-refractivity contribution in [3.05, 3.63) is 17.5 Å². The number of hydrogen-bond acceptors (Lipinski definition) is 4. The zero-order valence-electron chi connectivity index (χ0n) is 15.2. The Hall–Kier alpha value is -1.40. The van der Waals surface area contributed by atoms with Crippen LogP contribution in [-0.4, -0.2) is 57.3 Å². The molecule has 1 aromatic heterocycles. The maximum absolute atomic E-state index is 13.2. The standard InChI is InChI=1S/C18H29N5O/c1-12-10-22(13(2)9-21(12)11-14-5-6-14)17(24)23-16-15(8-20-23)7-19-18(16,3)4/h8,12-14,19H,5-7,9-11H2,1-4H3/t12-,13+/m1/s1. The zero-order valence-corrected chi connectivity index (χ0v) is 15.2. The first-order valence-electron chi connectivity index (χ1n) is 9.24. The molecule has 2 aliphatic heterocycles. The normalized spacial score (nSPS) is 29.8. The Bertz CT molecular complexity index is 648. The number of carbonyl (C=O) groups excluding carboxylic acids is 1. The Morgan fingerprint density at radius 3 is 2.75 bits per heavy atom. The van der Waals surface area contributed by atoms with E-state index in [0.717, 1.165) is 36.8 Å². The van der Waals surface area contributed by atoms with Gasteiger partial charge in [0, 0.05) is 43.8 Å². The highest BCUT2D eigenvalue weighted by Gasteiger charge is 2.39. The molecule has 1 saturated heterocycles. The van der Waals surface area contributed by atoms with Crippen molar-refractivity contribution >= 4 is 6.03 Å². The van der Waals surface area contributed by atoms with E-state index in [0.29, 0.717) is 6.04 Å². The third-order valence-corrected chi connectivity index (χ3v) is 5.89. The predicted molar refractivity (Wildman–Crippen MR) is 92.8 cm³/mol. The molecule has 1 N–H and O–H groups in total. The lowest BCUT2D eigenvalue weighted by molar-refractivity contribution is 0.0592. The molecular weight excluding hydrogens is 302 g/mol. The van der Waals surface area contributed by atoms with Crippen molar-refractivity contribution in [2.24, 2.45) is 5.92 Å². The first-order chi connectivity index (χ1) is 11.4. The molecule has 1 saturated carbocycles. The molecule has 6 nitrogen and oxygen atoms in total.